The highest BCUT2D eigenvalue weighted by Gasteiger charge is 2.37. The van der Waals surface area contributed by atoms with E-state index in [-0.39, 0.29) is 18.9 Å². The number of β-amino-alcohol motifs (C(OH)–C–C–N with tert-alkyl or cyclic N) is 1. The maximum atomic E-state index is 11.2. The molecule has 1 fully saturated rings. The van der Waals surface area contributed by atoms with Gasteiger partial charge in [-0.2, -0.15) is 0 Å². The van der Waals surface area contributed by atoms with E-state index in [9.17, 15) is 15.0 Å². The number of aryl methyl sites for hydroxylation is 1. The number of aliphatic carboxylic acids is 1. The number of carboxylic acid groups (broad SMARTS) is 1. The van der Waals surface area contributed by atoms with Crippen molar-refractivity contribution < 1.29 is 15.0 Å². The molecule has 6 heteroatoms. The lowest BCUT2D eigenvalue weighted by Crippen LogP contribution is -2.37. The van der Waals surface area contributed by atoms with E-state index >= 15 is 0 Å². The highest BCUT2D eigenvalue weighted by Crippen LogP contribution is 2.25. The van der Waals surface area contributed by atoms with E-state index in [4.69, 9.17) is 0 Å². The van der Waals surface area contributed by atoms with E-state index in [1.165, 1.54) is 0 Å². The molecular weight excluding hydrogens is 246 g/mol. The minimum absolute atomic E-state index is 0.212. The lowest BCUT2D eigenvalue weighted by Gasteiger charge is -2.22. The summed E-state index contributed by atoms with van der Waals surface area (Å²) in [5, 5.41) is 18.9. The second-order valence-corrected chi connectivity index (χ2v) is 5.28. The van der Waals surface area contributed by atoms with Gasteiger partial charge in [-0.1, -0.05) is 13.8 Å². The van der Waals surface area contributed by atoms with Gasteiger partial charge >= 0.3 is 5.97 Å². The van der Waals surface area contributed by atoms with Crippen LogP contribution >= 0.6 is 0 Å². The summed E-state index contributed by atoms with van der Waals surface area (Å²) in [7, 11) is 0. The van der Waals surface area contributed by atoms with Crippen LogP contribution in [0.1, 0.15) is 37.6 Å². The number of carboxylic acids is 1. The van der Waals surface area contributed by atoms with Crippen molar-refractivity contribution in [1.82, 2.24) is 9.97 Å². The van der Waals surface area contributed by atoms with Crippen LogP contribution in [-0.4, -0.2) is 44.8 Å². The molecule has 2 rings (SSSR count). The Morgan fingerprint density at radius 3 is 2.74 bits per heavy atom. The van der Waals surface area contributed by atoms with Crippen LogP contribution in [0.25, 0.3) is 0 Å². The molecule has 0 amide bonds. The number of aromatic nitrogens is 2. The van der Waals surface area contributed by atoms with Crippen LogP contribution in [0.5, 0.6) is 0 Å². The number of carbonyl (C=O) groups is 1. The van der Waals surface area contributed by atoms with E-state index in [0.717, 1.165) is 11.4 Å². The maximum absolute atomic E-state index is 11.2. The first-order chi connectivity index (χ1) is 8.88. The van der Waals surface area contributed by atoms with E-state index in [1.54, 1.807) is 4.90 Å². The molecule has 2 N–H and O–H groups in total. The largest absolute Gasteiger partial charge is 0.480 e. The third kappa shape index (κ3) is 2.84. The van der Waals surface area contributed by atoms with Crippen molar-refractivity contribution in [2.24, 2.45) is 0 Å². The van der Waals surface area contributed by atoms with Crippen molar-refractivity contribution in [2.45, 2.75) is 45.3 Å². The zero-order valence-corrected chi connectivity index (χ0v) is 11.4. The Kier molecular flexibility index (Phi) is 3.71. The van der Waals surface area contributed by atoms with Crippen LogP contribution in [0, 0.1) is 6.92 Å². The monoisotopic (exact) mass is 265 g/mol. The number of aliphatic hydroxyl groups is 1. The fourth-order valence-corrected chi connectivity index (χ4v) is 2.27. The molecule has 0 saturated carbocycles. The standard InChI is InChI=1S/C13H19N3O3/c1-7(2)10-4-8(3)14-13(15-10)16-6-9(17)5-11(16)12(18)19/h4,7,9,11,17H,5-6H2,1-3H3,(H,18,19). The molecule has 19 heavy (non-hydrogen) atoms. The first kappa shape index (κ1) is 13.7. The molecule has 1 aliphatic rings. The Bertz CT molecular complexity index is 490. The van der Waals surface area contributed by atoms with Crippen LogP contribution in [0.2, 0.25) is 0 Å². The number of hydrogen-bond acceptors (Lipinski definition) is 5. The van der Waals surface area contributed by atoms with Crippen LogP contribution < -0.4 is 4.90 Å². The van der Waals surface area contributed by atoms with Gasteiger partial charge in [0, 0.05) is 24.4 Å². The molecule has 1 saturated heterocycles. The van der Waals surface area contributed by atoms with Gasteiger partial charge in [-0.05, 0) is 18.9 Å². The van der Waals surface area contributed by atoms with Crippen LogP contribution in [-0.2, 0) is 4.79 Å². The summed E-state index contributed by atoms with van der Waals surface area (Å²) in [6.45, 7) is 6.18. The fraction of sp³-hybridized carbons (Fsp3) is 0.615. The summed E-state index contributed by atoms with van der Waals surface area (Å²) in [5.74, 6) is -0.309. The molecule has 6 nitrogen and oxygen atoms in total. The van der Waals surface area contributed by atoms with E-state index < -0.39 is 18.1 Å². The Morgan fingerprint density at radius 1 is 1.47 bits per heavy atom. The number of hydrogen-bond donors (Lipinski definition) is 2. The number of aliphatic hydroxyl groups excluding tert-OH is 1. The Balaban J connectivity index is 2.37. The van der Waals surface area contributed by atoms with Gasteiger partial charge in [0.2, 0.25) is 5.95 Å². The quantitative estimate of drug-likeness (QED) is 0.845. The second kappa shape index (κ2) is 5.13. The molecule has 1 aromatic heterocycles. The minimum atomic E-state index is -0.951. The lowest BCUT2D eigenvalue weighted by atomic mass is 10.1. The van der Waals surface area contributed by atoms with E-state index in [0.29, 0.717) is 5.95 Å². The van der Waals surface area contributed by atoms with Gasteiger partial charge < -0.3 is 15.1 Å². The summed E-state index contributed by atoms with van der Waals surface area (Å²) in [5.41, 5.74) is 1.69. The number of nitrogens with zero attached hydrogens (tertiary/aromatic N) is 3. The molecule has 104 valence electrons. The Hall–Kier alpha value is -1.69. The van der Waals surface area contributed by atoms with E-state index in [1.807, 2.05) is 26.8 Å². The summed E-state index contributed by atoms with van der Waals surface area (Å²) in [4.78, 5) is 21.5. The van der Waals surface area contributed by atoms with Gasteiger partial charge in [-0.15, -0.1) is 0 Å². The normalized spacial score (nSPS) is 23.1. The molecule has 0 aliphatic carbocycles. The van der Waals surface area contributed by atoms with Gasteiger partial charge in [0.25, 0.3) is 0 Å². The lowest BCUT2D eigenvalue weighted by molar-refractivity contribution is -0.138. The first-order valence-electron chi connectivity index (χ1n) is 6.41. The molecule has 0 bridgehead atoms. The molecule has 2 heterocycles. The van der Waals surface area contributed by atoms with Gasteiger partial charge in [0.1, 0.15) is 6.04 Å². The Morgan fingerprint density at radius 2 is 2.16 bits per heavy atom. The Labute approximate surface area is 112 Å². The van der Waals surface area contributed by atoms with Crippen molar-refractivity contribution in [2.75, 3.05) is 11.4 Å². The van der Waals surface area contributed by atoms with Gasteiger partial charge in [0.05, 0.1) is 6.10 Å². The van der Waals surface area contributed by atoms with Crippen LogP contribution in [0.4, 0.5) is 5.95 Å². The fourth-order valence-electron chi connectivity index (χ4n) is 2.27. The van der Waals surface area contributed by atoms with Gasteiger partial charge in [0.15, 0.2) is 0 Å². The van der Waals surface area contributed by atoms with E-state index in [2.05, 4.69) is 9.97 Å². The highest BCUT2D eigenvalue weighted by molar-refractivity contribution is 5.78. The smallest absolute Gasteiger partial charge is 0.326 e. The number of rotatable bonds is 3. The van der Waals surface area contributed by atoms with Gasteiger partial charge in [-0.3, -0.25) is 0 Å². The average molecular weight is 265 g/mol. The minimum Gasteiger partial charge on any atom is -0.480 e. The third-order valence-corrected chi connectivity index (χ3v) is 3.27. The molecule has 2 unspecified atom stereocenters. The predicted molar refractivity (Wildman–Crippen MR) is 70.3 cm³/mol. The highest BCUT2D eigenvalue weighted by atomic mass is 16.4. The second-order valence-electron chi connectivity index (χ2n) is 5.28. The summed E-state index contributed by atoms with van der Waals surface area (Å²) in [6, 6.07) is 1.15. The predicted octanol–water partition coefficient (Wildman–Crippen LogP) is 0.933. The molecule has 2 atom stereocenters. The molecular formula is C13H19N3O3. The molecule has 1 aliphatic heterocycles. The van der Waals surface area contributed by atoms with Crippen molar-refractivity contribution in [3.63, 3.8) is 0 Å². The van der Waals surface area contributed by atoms with Crippen molar-refractivity contribution in [3.8, 4) is 0 Å². The zero-order chi connectivity index (χ0) is 14.2. The van der Waals surface area contributed by atoms with Crippen LogP contribution in [0.15, 0.2) is 6.07 Å². The SMILES string of the molecule is Cc1cc(C(C)C)nc(N2CC(O)CC2C(=O)O)n1. The molecule has 1 aromatic rings. The van der Waals surface area contributed by atoms with Gasteiger partial charge in [-0.25, -0.2) is 14.8 Å². The molecule has 0 aromatic carbocycles. The summed E-state index contributed by atoms with van der Waals surface area (Å²) in [6.07, 6.45) is -0.434. The topological polar surface area (TPSA) is 86.5 Å². The van der Waals surface area contributed by atoms with Crippen LogP contribution in [0.3, 0.4) is 0 Å². The van der Waals surface area contributed by atoms with Crippen molar-refractivity contribution >= 4 is 11.9 Å². The summed E-state index contributed by atoms with van der Waals surface area (Å²) >= 11 is 0. The van der Waals surface area contributed by atoms with Crippen molar-refractivity contribution in [3.05, 3.63) is 17.5 Å². The number of anilines is 1. The summed E-state index contributed by atoms with van der Waals surface area (Å²) < 4.78 is 0. The zero-order valence-electron chi connectivity index (χ0n) is 11.4. The maximum Gasteiger partial charge on any atom is 0.326 e. The van der Waals surface area contributed by atoms with Crippen molar-refractivity contribution in [1.29, 1.82) is 0 Å². The molecule has 0 spiro atoms. The molecule has 0 radical (unpaired) electrons. The average Bonchev–Trinajstić information content (AvgIpc) is 2.70. The first-order valence-corrected chi connectivity index (χ1v) is 6.41. The third-order valence-electron chi connectivity index (χ3n) is 3.27.